The molecular weight excluding hydrogens is 426 g/mol. The Balaban J connectivity index is 1.22. The fourth-order valence-electron chi connectivity index (χ4n) is 6.42. The summed E-state index contributed by atoms with van der Waals surface area (Å²) < 4.78 is 0. The lowest BCUT2D eigenvalue weighted by Gasteiger charge is -2.38. The molecule has 1 saturated carbocycles. The van der Waals surface area contributed by atoms with E-state index in [1.165, 1.54) is 24.9 Å². The number of nitrogens with zero attached hydrogens (tertiary/aromatic N) is 5. The normalized spacial score (nSPS) is 26.7. The molecule has 0 radical (unpaired) electrons. The van der Waals surface area contributed by atoms with E-state index in [1.807, 2.05) is 6.20 Å². The van der Waals surface area contributed by atoms with Crippen LogP contribution in [0.25, 0.3) is 0 Å². The first-order chi connectivity index (χ1) is 16.5. The number of aromatic nitrogens is 2. The number of hydrogen-bond donors (Lipinski definition) is 2. The zero-order valence-corrected chi connectivity index (χ0v) is 20.3. The van der Waals surface area contributed by atoms with E-state index in [0.29, 0.717) is 24.5 Å². The van der Waals surface area contributed by atoms with Gasteiger partial charge in [0.15, 0.2) is 0 Å². The van der Waals surface area contributed by atoms with Crippen LogP contribution in [0.3, 0.4) is 0 Å². The molecule has 1 aromatic heterocycles. The van der Waals surface area contributed by atoms with Crippen LogP contribution in [0.1, 0.15) is 44.1 Å². The Labute approximate surface area is 201 Å². The third-order valence-corrected chi connectivity index (χ3v) is 8.33. The molecule has 1 spiro atoms. The van der Waals surface area contributed by atoms with Gasteiger partial charge in [0.25, 0.3) is 0 Å². The van der Waals surface area contributed by atoms with Crippen LogP contribution < -0.4 is 20.4 Å². The standard InChI is InChI=1S/C26H35N7O/c1-31(2)22-11-14-32(17-22)20-9-7-19(8-10-20)29-25-28-16-18-15-26(12-13-27-24(26)34)33(23(18)30-25)21-5-3-4-6-21/h7-10,16,21-22H,3-6,11-15,17H2,1-2H3,(H,27,34)(H,28,29,30)/t22-,26?/m0/s1. The summed E-state index contributed by atoms with van der Waals surface area (Å²) in [5.74, 6) is 1.70. The van der Waals surface area contributed by atoms with Crippen molar-refractivity contribution in [3.05, 3.63) is 36.0 Å². The van der Waals surface area contributed by atoms with Gasteiger partial charge in [-0.1, -0.05) is 12.8 Å². The lowest BCUT2D eigenvalue weighted by atomic mass is 9.91. The van der Waals surface area contributed by atoms with Crippen LogP contribution in [-0.4, -0.2) is 72.1 Å². The lowest BCUT2D eigenvalue weighted by Crippen LogP contribution is -2.56. The Morgan fingerprint density at radius 2 is 1.94 bits per heavy atom. The van der Waals surface area contributed by atoms with Crippen molar-refractivity contribution in [2.75, 3.05) is 48.8 Å². The summed E-state index contributed by atoms with van der Waals surface area (Å²) in [5, 5.41) is 6.48. The molecule has 180 valence electrons. The van der Waals surface area contributed by atoms with Gasteiger partial charge in [-0.05, 0) is 64.0 Å². The molecule has 8 nitrogen and oxygen atoms in total. The van der Waals surface area contributed by atoms with E-state index in [1.54, 1.807) is 0 Å². The summed E-state index contributed by atoms with van der Waals surface area (Å²) in [6.45, 7) is 2.91. The SMILES string of the molecule is CN(C)[C@H]1CCN(c2ccc(Nc3ncc4c(n3)N(C3CCCC3)C3(CCNC3=O)C4)cc2)C1. The van der Waals surface area contributed by atoms with E-state index in [9.17, 15) is 4.79 Å². The van der Waals surface area contributed by atoms with E-state index in [2.05, 4.69) is 68.7 Å². The monoisotopic (exact) mass is 461 g/mol. The minimum atomic E-state index is -0.480. The number of rotatable bonds is 5. The first-order valence-corrected chi connectivity index (χ1v) is 12.8. The maximum atomic E-state index is 13.0. The van der Waals surface area contributed by atoms with Crippen LogP contribution in [0.2, 0.25) is 0 Å². The second-order valence-corrected chi connectivity index (χ2v) is 10.6. The minimum Gasteiger partial charge on any atom is -0.370 e. The summed E-state index contributed by atoms with van der Waals surface area (Å²) in [4.78, 5) is 29.7. The summed E-state index contributed by atoms with van der Waals surface area (Å²) in [6.07, 6.45) is 9.39. The number of carbonyl (C=O) groups excluding carboxylic acids is 1. The smallest absolute Gasteiger partial charge is 0.246 e. The van der Waals surface area contributed by atoms with Gasteiger partial charge in [-0.15, -0.1) is 0 Å². The molecule has 34 heavy (non-hydrogen) atoms. The third-order valence-electron chi connectivity index (χ3n) is 8.33. The number of anilines is 4. The van der Waals surface area contributed by atoms with Gasteiger partial charge in [-0.3, -0.25) is 4.79 Å². The number of hydrogen-bond acceptors (Lipinski definition) is 7. The Morgan fingerprint density at radius 1 is 1.15 bits per heavy atom. The van der Waals surface area contributed by atoms with Gasteiger partial charge < -0.3 is 25.3 Å². The van der Waals surface area contributed by atoms with Crippen molar-refractivity contribution in [2.45, 2.75) is 62.6 Å². The number of fused-ring (bicyclic) bond motifs is 1. The molecule has 2 N–H and O–H groups in total. The second-order valence-electron chi connectivity index (χ2n) is 10.6. The predicted molar refractivity (Wildman–Crippen MR) is 135 cm³/mol. The second kappa shape index (κ2) is 8.41. The molecule has 2 aromatic rings. The highest BCUT2D eigenvalue weighted by atomic mass is 16.2. The third kappa shape index (κ3) is 3.59. The molecule has 1 aliphatic carbocycles. The van der Waals surface area contributed by atoms with Crippen LogP contribution in [-0.2, 0) is 11.2 Å². The number of benzene rings is 1. The van der Waals surface area contributed by atoms with Crippen LogP contribution in [0.4, 0.5) is 23.1 Å². The Kier molecular flexibility index (Phi) is 5.36. The molecular formula is C26H35N7O. The number of nitrogens with one attached hydrogen (secondary N) is 2. The van der Waals surface area contributed by atoms with E-state index in [-0.39, 0.29) is 5.91 Å². The zero-order chi connectivity index (χ0) is 23.3. The molecule has 3 aliphatic heterocycles. The van der Waals surface area contributed by atoms with Crippen LogP contribution in [0.5, 0.6) is 0 Å². The number of carbonyl (C=O) groups is 1. The number of likely N-dealkylation sites (N-methyl/N-ethyl adjacent to an activating group) is 1. The molecule has 1 aromatic carbocycles. The topological polar surface area (TPSA) is 76.6 Å². The highest BCUT2D eigenvalue weighted by molar-refractivity contribution is 5.94. The minimum absolute atomic E-state index is 0.154. The Morgan fingerprint density at radius 3 is 2.62 bits per heavy atom. The summed E-state index contributed by atoms with van der Waals surface area (Å²) in [7, 11) is 4.32. The quantitative estimate of drug-likeness (QED) is 0.709. The Bertz CT molecular complexity index is 1070. The molecule has 1 unspecified atom stereocenters. The first-order valence-electron chi connectivity index (χ1n) is 12.8. The largest absolute Gasteiger partial charge is 0.370 e. The van der Waals surface area contributed by atoms with Crippen molar-refractivity contribution >= 4 is 29.0 Å². The maximum absolute atomic E-state index is 13.0. The van der Waals surface area contributed by atoms with Crippen LogP contribution in [0.15, 0.2) is 30.5 Å². The summed E-state index contributed by atoms with van der Waals surface area (Å²) >= 11 is 0. The van der Waals surface area contributed by atoms with Gasteiger partial charge >= 0.3 is 0 Å². The summed E-state index contributed by atoms with van der Waals surface area (Å²) in [6, 6.07) is 9.57. The first kappa shape index (κ1) is 21.6. The van der Waals surface area contributed by atoms with Crippen molar-refractivity contribution in [3.8, 4) is 0 Å². The van der Waals surface area contributed by atoms with Crippen molar-refractivity contribution in [3.63, 3.8) is 0 Å². The van der Waals surface area contributed by atoms with Gasteiger partial charge in [0, 0.05) is 61.3 Å². The molecule has 4 aliphatic rings. The molecule has 6 rings (SSSR count). The van der Waals surface area contributed by atoms with Crippen molar-refractivity contribution in [2.24, 2.45) is 0 Å². The lowest BCUT2D eigenvalue weighted by molar-refractivity contribution is -0.123. The molecule has 4 heterocycles. The summed E-state index contributed by atoms with van der Waals surface area (Å²) in [5.41, 5.74) is 2.85. The van der Waals surface area contributed by atoms with Crippen LogP contribution in [0, 0.1) is 0 Å². The average Bonchev–Trinajstić information content (AvgIpc) is 3.62. The predicted octanol–water partition coefficient (Wildman–Crippen LogP) is 2.92. The van der Waals surface area contributed by atoms with Gasteiger partial charge in [0.05, 0.1) is 0 Å². The zero-order valence-electron chi connectivity index (χ0n) is 20.3. The Hall–Kier alpha value is -2.87. The maximum Gasteiger partial charge on any atom is 0.246 e. The fourth-order valence-corrected chi connectivity index (χ4v) is 6.42. The fraction of sp³-hybridized carbons (Fsp3) is 0.577. The van der Waals surface area contributed by atoms with Crippen molar-refractivity contribution in [1.29, 1.82) is 0 Å². The molecule has 3 fully saturated rings. The highest BCUT2D eigenvalue weighted by Gasteiger charge is 2.55. The highest BCUT2D eigenvalue weighted by Crippen LogP contribution is 2.46. The van der Waals surface area contributed by atoms with E-state index >= 15 is 0 Å². The average molecular weight is 462 g/mol. The number of amides is 1. The van der Waals surface area contributed by atoms with Crippen molar-refractivity contribution < 1.29 is 4.79 Å². The van der Waals surface area contributed by atoms with Crippen molar-refractivity contribution in [1.82, 2.24) is 20.2 Å². The van der Waals surface area contributed by atoms with E-state index in [4.69, 9.17) is 4.98 Å². The van der Waals surface area contributed by atoms with E-state index in [0.717, 1.165) is 56.0 Å². The van der Waals surface area contributed by atoms with Gasteiger partial charge in [-0.2, -0.15) is 4.98 Å². The van der Waals surface area contributed by atoms with E-state index < -0.39 is 5.54 Å². The molecule has 0 bridgehead atoms. The van der Waals surface area contributed by atoms with Crippen LogP contribution >= 0.6 is 0 Å². The molecule has 1 amide bonds. The molecule has 2 atom stereocenters. The molecule has 8 heteroatoms. The molecule has 2 saturated heterocycles. The van der Waals surface area contributed by atoms with Gasteiger partial charge in [-0.25, -0.2) is 4.98 Å². The van der Waals surface area contributed by atoms with Gasteiger partial charge in [0.1, 0.15) is 11.4 Å². The van der Waals surface area contributed by atoms with Gasteiger partial charge in [0.2, 0.25) is 11.9 Å².